The lowest BCUT2D eigenvalue weighted by atomic mass is 9.87. The smallest absolute Gasteiger partial charge is 0.345 e. The van der Waals surface area contributed by atoms with E-state index in [1.165, 1.54) is 35.1 Å². The van der Waals surface area contributed by atoms with Crippen molar-refractivity contribution in [2.75, 3.05) is 0 Å². The van der Waals surface area contributed by atoms with Gasteiger partial charge in [0.05, 0.1) is 29.1 Å². The summed E-state index contributed by atoms with van der Waals surface area (Å²) in [6.07, 6.45) is -2.93. The summed E-state index contributed by atoms with van der Waals surface area (Å²) >= 11 is 0. The average Bonchev–Trinajstić information content (AvgIpc) is 3.06. The Labute approximate surface area is 171 Å². The van der Waals surface area contributed by atoms with Gasteiger partial charge in [0.1, 0.15) is 12.1 Å². The Morgan fingerprint density at radius 1 is 1.20 bits per heavy atom. The fourth-order valence-electron chi connectivity index (χ4n) is 3.12. The molecular weight excluding hydrogens is 400 g/mol. The first-order valence-corrected chi connectivity index (χ1v) is 9.31. The third-order valence-corrected chi connectivity index (χ3v) is 5.33. The van der Waals surface area contributed by atoms with Crippen molar-refractivity contribution in [2.45, 2.75) is 45.1 Å². The van der Waals surface area contributed by atoms with Gasteiger partial charge >= 0.3 is 6.18 Å². The van der Waals surface area contributed by atoms with E-state index in [4.69, 9.17) is 0 Å². The number of pyridine rings is 1. The standard InChI is InChI=1S/C21H22F4N4O/c1-12(15-11-26-29(4)17(15)10-22)27-19(30)14-5-7-16-13(9-14)6-8-18(28-16)20(2,3)21(23,24)25/h5-9,11-12H,10H2,1-4H3,(H,27,30)/t12-/m1/s1. The number of amides is 1. The minimum Gasteiger partial charge on any atom is -0.345 e. The van der Waals surface area contributed by atoms with E-state index in [1.807, 2.05) is 0 Å². The number of halogens is 4. The van der Waals surface area contributed by atoms with E-state index >= 15 is 0 Å². The summed E-state index contributed by atoms with van der Waals surface area (Å²) in [7, 11) is 1.62. The van der Waals surface area contributed by atoms with Crippen LogP contribution in [0.3, 0.4) is 0 Å². The van der Waals surface area contributed by atoms with Crippen molar-refractivity contribution in [3.05, 3.63) is 59.0 Å². The molecule has 0 aliphatic carbocycles. The van der Waals surface area contributed by atoms with Gasteiger partial charge in [-0.1, -0.05) is 6.07 Å². The summed E-state index contributed by atoms with van der Waals surface area (Å²) in [5, 5.41) is 7.35. The summed E-state index contributed by atoms with van der Waals surface area (Å²) in [5.41, 5.74) is -0.542. The summed E-state index contributed by atoms with van der Waals surface area (Å²) in [6.45, 7) is 3.18. The third kappa shape index (κ3) is 3.88. The van der Waals surface area contributed by atoms with Crippen LogP contribution in [0.5, 0.6) is 0 Å². The molecule has 0 radical (unpaired) electrons. The molecule has 1 N–H and O–H groups in total. The largest absolute Gasteiger partial charge is 0.399 e. The molecule has 0 spiro atoms. The maximum atomic E-state index is 13.3. The topological polar surface area (TPSA) is 59.8 Å². The molecule has 0 aliphatic rings. The summed E-state index contributed by atoms with van der Waals surface area (Å²) in [4.78, 5) is 16.8. The Kier molecular flexibility index (Phi) is 5.58. The minimum absolute atomic E-state index is 0.0938. The molecule has 1 amide bonds. The van der Waals surface area contributed by atoms with Crippen molar-refractivity contribution >= 4 is 16.8 Å². The zero-order valence-corrected chi connectivity index (χ0v) is 17.0. The highest BCUT2D eigenvalue weighted by molar-refractivity contribution is 5.98. The Hall–Kier alpha value is -2.97. The molecule has 0 aliphatic heterocycles. The number of carbonyl (C=O) groups excluding carboxylic acids is 1. The number of carbonyl (C=O) groups is 1. The molecule has 2 heterocycles. The fourth-order valence-corrected chi connectivity index (χ4v) is 3.12. The van der Waals surface area contributed by atoms with E-state index in [9.17, 15) is 22.4 Å². The summed E-state index contributed by atoms with van der Waals surface area (Å²) in [5.74, 6) is -0.391. The molecule has 5 nitrogen and oxygen atoms in total. The van der Waals surface area contributed by atoms with Crippen molar-refractivity contribution < 1.29 is 22.4 Å². The normalized spacial score (nSPS) is 13.5. The number of alkyl halides is 4. The van der Waals surface area contributed by atoms with Gasteiger partial charge in [0.15, 0.2) is 0 Å². The number of hydrogen-bond acceptors (Lipinski definition) is 3. The van der Waals surface area contributed by atoms with E-state index in [2.05, 4.69) is 15.4 Å². The van der Waals surface area contributed by atoms with E-state index in [0.29, 0.717) is 27.7 Å². The van der Waals surface area contributed by atoms with Gasteiger partial charge in [0.25, 0.3) is 5.91 Å². The van der Waals surface area contributed by atoms with E-state index in [-0.39, 0.29) is 5.69 Å². The molecule has 2 aromatic heterocycles. The fraction of sp³-hybridized carbons (Fsp3) is 0.381. The third-order valence-electron chi connectivity index (χ3n) is 5.33. The van der Waals surface area contributed by atoms with Gasteiger partial charge in [-0.3, -0.25) is 14.5 Å². The van der Waals surface area contributed by atoms with Crippen LogP contribution in [0.4, 0.5) is 17.6 Å². The van der Waals surface area contributed by atoms with Gasteiger partial charge in [-0.2, -0.15) is 18.3 Å². The Bertz CT molecular complexity index is 1090. The molecule has 0 saturated carbocycles. The summed E-state index contributed by atoms with van der Waals surface area (Å²) in [6, 6.07) is 6.95. The number of nitrogens with zero attached hydrogens (tertiary/aromatic N) is 3. The second-order valence-electron chi connectivity index (χ2n) is 7.73. The zero-order valence-electron chi connectivity index (χ0n) is 17.0. The lowest BCUT2D eigenvalue weighted by Gasteiger charge is -2.27. The number of nitrogens with one attached hydrogen (secondary N) is 1. The Balaban J connectivity index is 1.85. The zero-order chi connectivity index (χ0) is 22.3. The van der Waals surface area contributed by atoms with E-state index < -0.39 is 30.2 Å². The first-order valence-electron chi connectivity index (χ1n) is 9.31. The molecule has 0 fully saturated rings. The van der Waals surface area contributed by atoms with E-state index in [0.717, 1.165) is 13.8 Å². The molecule has 30 heavy (non-hydrogen) atoms. The van der Waals surface area contributed by atoms with Gasteiger partial charge < -0.3 is 5.32 Å². The SMILES string of the molecule is C[C@@H](NC(=O)c1ccc2nc(C(C)(C)C(F)(F)F)ccc2c1)c1cnn(C)c1CF. The quantitative estimate of drug-likeness (QED) is 0.603. The first-order chi connectivity index (χ1) is 14.0. The minimum atomic E-state index is -4.44. The maximum Gasteiger partial charge on any atom is 0.399 e. The number of aryl methyl sites for hydroxylation is 1. The average molecular weight is 422 g/mol. The first kappa shape index (κ1) is 21.7. The molecule has 9 heteroatoms. The predicted octanol–water partition coefficient (Wildman–Crippen LogP) is 4.77. The maximum absolute atomic E-state index is 13.3. The second kappa shape index (κ2) is 7.70. The Morgan fingerprint density at radius 2 is 1.90 bits per heavy atom. The molecule has 1 atom stereocenters. The molecule has 160 valence electrons. The van der Waals surface area contributed by atoms with Crippen LogP contribution in [0.25, 0.3) is 10.9 Å². The number of fused-ring (bicyclic) bond motifs is 1. The van der Waals surface area contributed by atoms with Crippen LogP contribution >= 0.6 is 0 Å². The van der Waals surface area contributed by atoms with Crippen LogP contribution in [0.2, 0.25) is 0 Å². The van der Waals surface area contributed by atoms with Crippen LogP contribution < -0.4 is 5.32 Å². The second-order valence-corrected chi connectivity index (χ2v) is 7.73. The highest BCUT2D eigenvalue weighted by atomic mass is 19.4. The molecular formula is C21H22F4N4O. The highest BCUT2D eigenvalue weighted by Crippen LogP contribution is 2.39. The monoisotopic (exact) mass is 422 g/mol. The number of aromatic nitrogens is 3. The lowest BCUT2D eigenvalue weighted by molar-refractivity contribution is -0.181. The van der Waals surface area contributed by atoms with Crippen LogP contribution in [0.1, 0.15) is 54.1 Å². The molecule has 0 bridgehead atoms. The summed E-state index contributed by atoms with van der Waals surface area (Å²) < 4.78 is 54.5. The van der Waals surface area contributed by atoms with Crippen LogP contribution in [-0.4, -0.2) is 26.8 Å². The van der Waals surface area contributed by atoms with Gasteiger partial charge in [-0.25, -0.2) is 4.39 Å². The van der Waals surface area contributed by atoms with Crippen molar-refractivity contribution in [2.24, 2.45) is 7.05 Å². The molecule has 1 aromatic carbocycles. The van der Waals surface area contributed by atoms with Crippen LogP contribution in [0, 0.1) is 0 Å². The van der Waals surface area contributed by atoms with Gasteiger partial charge in [0, 0.05) is 23.6 Å². The lowest BCUT2D eigenvalue weighted by Crippen LogP contribution is -2.37. The van der Waals surface area contributed by atoms with E-state index in [1.54, 1.807) is 20.0 Å². The molecule has 0 saturated heterocycles. The van der Waals surface area contributed by atoms with Crippen molar-refractivity contribution in [1.82, 2.24) is 20.1 Å². The Morgan fingerprint density at radius 3 is 2.53 bits per heavy atom. The number of benzene rings is 1. The molecule has 3 rings (SSSR count). The molecule has 0 unspecified atom stereocenters. The van der Waals surface area contributed by atoms with Crippen LogP contribution in [0.15, 0.2) is 36.5 Å². The van der Waals surface area contributed by atoms with Gasteiger partial charge in [-0.05, 0) is 45.0 Å². The van der Waals surface area contributed by atoms with Crippen LogP contribution in [-0.2, 0) is 19.1 Å². The van der Waals surface area contributed by atoms with Gasteiger partial charge in [-0.15, -0.1) is 0 Å². The number of hydrogen-bond donors (Lipinski definition) is 1. The van der Waals surface area contributed by atoms with Crippen molar-refractivity contribution in [3.8, 4) is 0 Å². The predicted molar refractivity (Wildman–Crippen MR) is 105 cm³/mol. The molecule has 3 aromatic rings. The number of rotatable bonds is 5. The van der Waals surface area contributed by atoms with Crippen molar-refractivity contribution in [1.29, 1.82) is 0 Å². The van der Waals surface area contributed by atoms with Gasteiger partial charge in [0.2, 0.25) is 0 Å². The highest BCUT2D eigenvalue weighted by Gasteiger charge is 2.49. The van der Waals surface area contributed by atoms with Crippen molar-refractivity contribution in [3.63, 3.8) is 0 Å².